The summed E-state index contributed by atoms with van der Waals surface area (Å²) in [4.78, 5) is 29.3. The van der Waals surface area contributed by atoms with Crippen LogP contribution in [-0.2, 0) is 9.53 Å². The normalized spacial score (nSPS) is 21.1. The fourth-order valence-electron chi connectivity index (χ4n) is 3.11. The number of carbonyl (C=O) groups is 2. The molecule has 2 rings (SSSR count). The third kappa shape index (κ3) is 5.22. The number of aromatic nitrogens is 1. The molecule has 1 aliphatic carbocycles. The van der Waals surface area contributed by atoms with E-state index in [0.29, 0.717) is 5.92 Å². The van der Waals surface area contributed by atoms with Gasteiger partial charge >= 0.3 is 12.1 Å². The number of hydrogen-bond acceptors (Lipinski definition) is 4. The number of aliphatic carboxylic acids is 1. The number of pyridine rings is 1. The molecule has 1 heterocycles. The number of carboxylic acids is 1. The lowest BCUT2D eigenvalue weighted by Crippen LogP contribution is -2.47. The Balaban J connectivity index is 2.01. The predicted octanol–water partition coefficient (Wildman–Crippen LogP) is 3.43. The van der Waals surface area contributed by atoms with Crippen molar-refractivity contribution in [3.05, 3.63) is 30.1 Å². The summed E-state index contributed by atoms with van der Waals surface area (Å²) in [6, 6.07) is 5.79. The second-order valence-corrected chi connectivity index (χ2v) is 7.26. The van der Waals surface area contributed by atoms with Gasteiger partial charge in [-0.15, -0.1) is 0 Å². The van der Waals surface area contributed by atoms with E-state index in [1.54, 1.807) is 27.0 Å². The second-order valence-electron chi connectivity index (χ2n) is 7.26. The molecule has 0 unspecified atom stereocenters. The van der Waals surface area contributed by atoms with Crippen LogP contribution in [0.2, 0.25) is 0 Å². The molecule has 24 heavy (non-hydrogen) atoms. The van der Waals surface area contributed by atoms with Gasteiger partial charge in [0.15, 0.2) is 0 Å². The zero-order chi connectivity index (χ0) is 17.7. The average Bonchev–Trinajstić information content (AvgIpc) is 2.52. The van der Waals surface area contributed by atoms with E-state index in [0.717, 1.165) is 31.4 Å². The molecule has 0 aromatic carbocycles. The number of amides is 1. The van der Waals surface area contributed by atoms with E-state index in [1.165, 1.54) is 4.90 Å². The molecule has 1 N–H and O–H groups in total. The molecule has 0 radical (unpaired) electrons. The number of hydrogen-bond donors (Lipinski definition) is 1. The van der Waals surface area contributed by atoms with Gasteiger partial charge in [0.05, 0.1) is 0 Å². The summed E-state index contributed by atoms with van der Waals surface area (Å²) in [6.45, 7) is 5.01. The third-order valence-corrected chi connectivity index (χ3v) is 4.18. The largest absolute Gasteiger partial charge is 0.480 e. The molecule has 6 heteroatoms. The van der Waals surface area contributed by atoms with E-state index < -0.39 is 17.7 Å². The Labute approximate surface area is 142 Å². The highest BCUT2D eigenvalue weighted by atomic mass is 16.6. The maximum Gasteiger partial charge on any atom is 0.411 e. The van der Waals surface area contributed by atoms with Crippen LogP contribution in [0.15, 0.2) is 24.4 Å². The van der Waals surface area contributed by atoms with Crippen molar-refractivity contribution in [2.24, 2.45) is 0 Å². The van der Waals surface area contributed by atoms with Gasteiger partial charge in [-0.1, -0.05) is 6.07 Å². The van der Waals surface area contributed by atoms with Gasteiger partial charge in [-0.25, -0.2) is 4.79 Å². The van der Waals surface area contributed by atoms with E-state index in [-0.39, 0.29) is 12.6 Å². The van der Waals surface area contributed by atoms with Crippen LogP contribution in [0, 0.1) is 0 Å². The molecule has 0 bridgehead atoms. The summed E-state index contributed by atoms with van der Waals surface area (Å²) < 4.78 is 5.38. The topological polar surface area (TPSA) is 79.7 Å². The van der Waals surface area contributed by atoms with Gasteiger partial charge in [0, 0.05) is 23.9 Å². The molecule has 1 aliphatic rings. The first-order valence-corrected chi connectivity index (χ1v) is 8.38. The minimum Gasteiger partial charge on any atom is -0.480 e. The summed E-state index contributed by atoms with van der Waals surface area (Å²) in [5.41, 5.74) is 0.428. The van der Waals surface area contributed by atoms with Gasteiger partial charge < -0.3 is 9.84 Å². The quantitative estimate of drug-likeness (QED) is 0.912. The van der Waals surface area contributed by atoms with Gasteiger partial charge in [0.25, 0.3) is 0 Å². The summed E-state index contributed by atoms with van der Waals surface area (Å²) in [5.74, 6) is -0.652. The molecule has 1 aromatic rings. The van der Waals surface area contributed by atoms with Crippen LogP contribution in [0.25, 0.3) is 0 Å². The van der Waals surface area contributed by atoms with Gasteiger partial charge in [0.2, 0.25) is 0 Å². The summed E-state index contributed by atoms with van der Waals surface area (Å²) in [6.07, 6.45) is 4.54. The lowest BCUT2D eigenvalue weighted by atomic mass is 9.83. The van der Waals surface area contributed by atoms with Crippen molar-refractivity contribution in [2.75, 3.05) is 6.54 Å². The summed E-state index contributed by atoms with van der Waals surface area (Å²) in [7, 11) is 0. The van der Waals surface area contributed by atoms with E-state index in [1.807, 2.05) is 18.2 Å². The molecule has 1 aromatic heterocycles. The van der Waals surface area contributed by atoms with Crippen molar-refractivity contribution < 1.29 is 19.4 Å². The third-order valence-electron chi connectivity index (χ3n) is 4.18. The Hall–Kier alpha value is -2.11. The highest BCUT2D eigenvalue weighted by Gasteiger charge is 2.33. The van der Waals surface area contributed by atoms with Crippen molar-refractivity contribution in [1.82, 2.24) is 9.88 Å². The molecule has 6 nitrogen and oxygen atoms in total. The molecule has 0 aliphatic heterocycles. The van der Waals surface area contributed by atoms with E-state index >= 15 is 0 Å². The standard InChI is InChI=1S/C18H26N2O4/c1-18(2,3)24-17(23)20(12-16(21)22)14-9-7-13(8-10-14)15-6-4-5-11-19-15/h4-6,11,13-14H,7-10,12H2,1-3H3,(H,21,22). The van der Waals surface area contributed by atoms with Crippen LogP contribution in [0.3, 0.4) is 0 Å². The molecule has 0 spiro atoms. The van der Waals surface area contributed by atoms with E-state index in [2.05, 4.69) is 4.98 Å². The van der Waals surface area contributed by atoms with Crippen molar-refractivity contribution in [3.8, 4) is 0 Å². The second kappa shape index (κ2) is 7.64. The number of carboxylic acid groups (broad SMARTS) is 1. The monoisotopic (exact) mass is 334 g/mol. The van der Waals surface area contributed by atoms with Crippen molar-refractivity contribution in [1.29, 1.82) is 0 Å². The predicted molar refractivity (Wildman–Crippen MR) is 89.8 cm³/mol. The van der Waals surface area contributed by atoms with Gasteiger partial charge in [-0.2, -0.15) is 0 Å². The van der Waals surface area contributed by atoms with Crippen LogP contribution >= 0.6 is 0 Å². The molecular formula is C18H26N2O4. The zero-order valence-electron chi connectivity index (χ0n) is 14.6. The van der Waals surface area contributed by atoms with Crippen LogP contribution in [0.5, 0.6) is 0 Å². The van der Waals surface area contributed by atoms with Crippen molar-refractivity contribution >= 4 is 12.1 Å². The Bertz CT molecular complexity index is 560. The van der Waals surface area contributed by atoms with Crippen molar-refractivity contribution in [2.45, 2.75) is 64.0 Å². The summed E-state index contributed by atoms with van der Waals surface area (Å²) in [5, 5.41) is 9.13. The number of nitrogens with zero attached hydrogens (tertiary/aromatic N) is 2. The number of carbonyl (C=O) groups excluding carboxylic acids is 1. The summed E-state index contributed by atoms with van der Waals surface area (Å²) >= 11 is 0. The Morgan fingerprint density at radius 1 is 1.25 bits per heavy atom. The average molecular weight is 334 g/mol. The van der Waals surface area contributed by atoms with Crippen LogP contribution in [-0.4, -0.2) is 45.2 Å². The molecule has 1 amide bonds. The number of ether oxygens (including phenoxy) is 1. The zero-order valence-corrected chi connectivity index (χ0v) is 14.6. The molecule has 1 saturated carbocycles. The van der Waals surface area contributed by atoms with Crippen LogP contribution in [0.4, 0.5) is 4.79 Å². The highest BCUT2D eigenvalue weighted by Crippen LogP contribution is 2.34. The Kier molecular flexibility index (Phi) is 5.80. The lowest BCUT2D eigenvalue weighted by Gasteiger charge is -2.36. The SMILES string of the molecule is CC(C)(C)OC(=O)N(CC(=O)O)C1CCC(c2ccccn2)CC1. The Morgan fingerprint density at radius 2 is 1.92 bits per heavy atom. The number of rotatable bonds is 4. The smallest absolute Gasteiger partial charge is 0.411 e. The molecule has 0 atom stereocenters. The van der Waals surface area contributed by atoms with Crippen molar-refractivity contribution in [3.63, 3.8) is 0 Å². The van der Waals surface area contributed by atoms with Gasteiger partial charge in [0.1, 0.15) is 12.1 Å². The van der Waals surface area contributed by atoms with Gasteiger partial charge in [-0.05, 0) is 58.6 Å². The molecular weight excluding hydrogens is 308 g/mol. The van der Waals surface area contributed by atoms with E-state index in [4.69, 9.17) is 9.84 Å². The highest BCUT2D eigenvalue weighted by molar-refractivity contribution is 5.77. The maximum absolute atomic E-state index is 12.4. The van der Waals surface area contributed by atoms with E-state index in [9.17, 15) is 9.59 Å². The first-order chi connectivity index (χ1) is 11.3. The minimum atomic E-state index is -1.02. The lowest BCUT2D eigenvalue weighted by molar-refractivity contribution is -0.139. The molecule has 132 valence electrons. The molecule has 0 saturated heterocycles. The van der Waals surface area contributed by atoms with Crippen LogP contribution in [0.1, 0.15) is 58.1 Å². The van der Waals surface area contributed by atoms with Gasteiger partial charge in [-0.3, -0.25) is 14.7 Å². The maximum atomic E-state index is 12.4. The Morgan fingerprint density at radius 3 is 2.42 bits per heavy atom. The molecule has 1 fully saturated rings. The fraction of sp³-hybridized carbons (Fsp3) is 0.611. The fourth-order valence-corrected chi connectivity index (χ4v) is 3.11. The first-order valence-electron chi connectivity index (χ1n) is 8.38. The minimum absolute atomic E-state index is 0.101. The van der Waals surface area contributed by atoms with Crippen LogP contribution < -0.4 is 0 Å². The first kappa shape index (κ1) is 18.2.